The van der Waals surface area contributed by atoms with Crippen molar-refractivity contribution in [1.29, 1.82) is 0 Å². The zero-order valence-electron chi connectivity index (χ0n) is 12.8. The molecule has 0 atom stereocenters. The van der Waals surface area contributed by atoms with Crippen molar-refractivity contribution >= 4 is 39.6 Å². The molecule has 0 saturated carbocycles. The summed E-state index contributed by atoms with van der Waals surface area (Å²) in [5.74, 6) is 0.359. The van der Waals surface area contributed by atoms with Crippen LogP contribution in [0.1, 0.15) is 19.4 Å². The third kappa shape index (κ3) is 2.92. The number of nitrogens with zero attached hydrogens (tertiary/aromatic N) is 2. The van der Waals surface area contributed by atoms with Gasteiger partial charge in [0, 0.05) is 16.9 Å². The molecule has 114 valence electrons. The molecule has 0 aliphatic carbocycles. The molecular weight excluding hydrogens is 296 g/mol. The second-order valence-corrected chi connectivity index (χ2v) is 6.55. The van der Waals surface area contributed by atoms with Crippen molar-refractivity contribution in [2.24, 2.45) is 0 Å². The number of thioether (sulfide) groups is 1. The topological polar surface area (TPSA) is 70.7 Å². The predicted octanol–water partition coefficient (Wildman–Crippen LogP) is 3.04. The second kappa shape index (κ2) is 5.96. The van der Waals surface area contributed by atoms with Gasteiger partial charge in [-0.2, -0.15) is 0 Å². The van der Waals surface area contributed by atoms with Crippen molar-refractivity contribution < 1.29 is 4.79 Å². The summed E-state index contributed by atoms with van der Waals surface area (Å²) in [4.78, 5) is 23.9. The first-order valence-electron chi connectivity index (χ1n) is 7.20. The monoisotopic (exact) mass is 314 g/mol. The SMILES string of the molecule is Cc1ccc2[nH]c3c(SCC(=O)NC(C)C)ncnc3c2c1. The van der Waals surface area contributed by atoms with E-state index in [1.165, 1.54) is 17.3 Å². The summed E-state index contributed by atoms with van der Waals surface area (Å²) in [7, 11) is 0. The highest BCUT2D eigenvalue weighted by Gasteiger charge is 2.12. The summed E-state index contributed by atoms with van der Waals surface area (Å²) in [6, 6.07) is 6.37. The predicted molar refractivity (Wildman–Crippen MR) is 90.1 cm³/mol. The number of rotatable bonds is 4. The van der Waals surface area contributed by atoms with Gasteiger partial charge in [0.05, 0.1) is 11.3 Å². The quantitative estimate of drug-likeness (QED) is 0.573. The van der Waals surface area contributed by atoms with E-state index in [1.54, 1.807) is 6.33 Å². The minimum Gasteiger partial charge on any atom is -0.353 e. The molecular formula is C16H18N4OS. The first-order chi connectivity index (χ1) is 10.5. The number of carbonyl (C=O) groups excluding carboxylic acids is 1. The van der Waals surface area contributed by atoms with Gasteiger partial charge in [0.1, 0.15) is 16.9 Å². The molecule has 2 heterocycles. The normalized spacial score (nSPS) is 11.5. The Morgan fingerprint density at radius 2 is 2.18 bits per heavy atom. The lowest BCUT2D eigenvalue weighted by Gasteiger charge is -2.07. The number of aromatic amines is 1. The van der Waals surface area contributed by atoms with E-state index < -0.39 is 0 Å². The van der Waals surface area contributed by atoms with Gasteiger partial charge in [-0.3, -0.25) is 4.79 Å². The number of nitrogens with one attached hydrogen (secondary N) is 2. The highest BCUT2D eigenvalue weighted by Crippen LogP contribution is 2.30. The van der Waals surface area contributed by atoms with Crippen molar-refractivity contribution in [3.63, 3.8) is 0 Å². The fourth-order valence-corrected chi connectivity index (χ4v) is 3.16. The van der Waals surface area contributed by atoms with E-state index in [0.717, 1.165) is 27.0 Å². The van der Waals surface area contributed by atoms with Gasteiger partial charge in [0.25, 0.3) is 0 Å². The van der Waals surface area contributed by atoms with Crippen LogP contribution in [0.2, 0.25) is 0 Å². The van der Waals surface area contributed by atoms with Crippen LogP contribution in [-0.4, -0.2) is 32.7 Å². The average Bonchev–Trinajstić information content (AvgIpc) is 2.83. The van der Waals surface area contributed by atoms with Crippen molar-refractivity contribution in [2.75, 3.05) is 5.75 Å². The number of hydrogen-bond donors (Lipinski definition) is 2. The zero-order valence-corrected chi connectivity index (χ0v) is 13.6. The molecule has 0 fully saturated rings. The van der Waals surface area contributed by atoms with Gasteiger partial charge in [-0.25, -0.2) is 9.97 Å². The van der Waals surface area contributed by atoms with Gasteiger partial charge in [-0.05, 0) is 32.9 Å². The van der Waals surface area contributed by atoms with Crippen molar-refractivity contribution in [3.05, 3.63) is 30.1 Å². The van der Waals surface area contributed by atoms with Crippen LogP contribution in [0.4, 0.5) is 0 Å². The summed E-state index contributed by atoms with van der Waals surface area (Å²) < 4.78 is 0. The first kappa shape index (κ1) is 14.8. The Balaban J connectivity index is 1.93. The Morgan fingerprint density at radius 1 is 1.36 bits per heavy atom. The van der Waals surface area contributed by atoms with E-state index in [-0.39, 0.29) is 11.9 Å². The molecule has 6 heteroatoms. The lowest BCUT2D eigenvalue weighted by atomic mass is 10.2. The minimum absolute atomic E-state index is 0.0127. The van der Waals surface area contributed by atoms with Crippen LogP contribution < -0.4 is 5.32 Å². The molecule has 2 aromatic heterocycles. The Kier molecular flexibility index (Phi) is 4.02. The molecule has 0 saturated heterocycles. The number of carbonyl (C=O) groups is 1. The standard InChI is InChI=1S/C16H18N4OS/c1-9(2)19-13(21)7-22-16-15-14(17-8-18-16)11-6-10(3)4-5-12(11)20-15/h4-6,8-9,20H,7H2,1-3H3,(H,19,21). The van der Waals surface area contributed by atoms with Gasteiger partial charge in [0.15, 0.2) is 0 Å². The molecule has 2 N–H and O–H groups in total. The number of aromatic nitrogens is 3. The van der Waals surface area contributed by atoms with Gasteiger partial charge >= 0.3 is 0 Å². The van der Waals surface area contributed by atoms with E-state index in [2.05, 4.69) is 39.3 Å². The van der Waals surface area contributed by atoms with E-state index in [9.17, 15) is 4.79 Å². The summed E-state index contributed by atoms with van der Waals surface area (Å²) in [6.07, 6.45) is 1.56. The molecule has 5 nitrogen and oxygen atoms in total. The van der Waals surface area contributed by atoms with Gasteiger partial charge in [-0.1, -0.05) is 23.4 Å². The molecule has 1 aromatic carbocycles. The van der Waals surface area contributed by atoms with Crippen molar-refractivity contribution in [2.45, 2.75) is 31.8 Å². The van der Waals surface area contributed by atoms with E-state index in [0.29, 0.717) is 5.75 Å². The summed E-state index contributed by atoms with van der Waals surface area (Å²) in [6.45, 7) is 5.96. The molecule has 1 amide bonds. The highest BCUT2D eigenvalue weighted by atomic mass is 32.2. The first-order valence-corrected chi connectivity index (χ1v) is 8.18. The lowest BCUT2D eigenvalue weighted by molar-refractivity contribution is -0.119. The molecule has 22 heavy (non-hydrogen) atoms. The third-order valence-electron chi connectivity index (χ3n) is 3.29. The van der Waals surface area contributed by atoms with Gasteiger partial charge < -0.3 is 10.3 Å². The van der Waals surface area contributed by atoms with Crippen LogP contribution in [-0.2, 0) is 4.79 Å². The maximum atomic E-state index is 11.8. The fourth-order valence-electron chi connectivity index (χ4n) is 2.39. The largest absolute Gasteiger partial charge is 0.353 e. The summed E-state index contributed by atoms with van der Waals surface area (Å²) >= 11 is 1.43. The summed E-state index contributed by atoms with van der Waals surface area (Å²) in [5.41, 5.74) is 4.03. The van der Waals surface area contributed by atoms with Crippen LogP contribution in [0.15, 0.2) is 29.6 Å². The Bertz CT molecular complexity index is 841. The molecule has 0 aliphatic rings. The van der Waals surface area contributed by atoms with Crippen molar-refractivity contribution in [3.8, 4) is 0 Å². The lowest BCUT2D eigenvalue weighted by Crippen LogP contribution is -2.31. The van der Waals surface area contributed by atoms with Crippen molar-refractivity contribution in [1.82, 2.24) is 20.3 Å². The fraction of sp³-hybridized carbons (Fsp3) is 0.312. The van der Waals surface area contributed by atoms with Crippen LogP contribution in [0, 0.1) is 6.92 Å². The maximum Gasteiger partial charge on any atom is 0.230 e. The van der Waals surface area contributed by atoms with Crippen LogP contribution in [0.25, 0.3) is 21.9 Å². The number of hydrogen-bond acceptors (Lipinski definition) is 4. The Labute approximate surface area is 132 Å². The molecule has 3 rings (SSSR count). The Hall–Kier alpha value is -2.08. The number of aryl methyl sites for hydroxylation is 1. The Morgan fingerprint density at radius 3 is 2.95 bits per heavy atom. The number of fused-ring (bicyclic) bond motifs is 3. The van der Waals surface area contributed by atoms with Crippen LogP contribution >= 0.6 is 11.8 Å². The van der Waals surface area contributed by atoms with E-state index in [4.69, 9.17) is 0 Å². The van der Waals surface area contributed by atoms with Gasteiger partial charge in [-0.15, -0.1) is 0 Å². The maximum absolute atomic E-state index is 11.8. The van der Waals surface area contributed by atoms with E-state index >= 15 is 0 Å². The van der Waals surface area contributed by atoms with Gasteiger partial charge in [0.2, 0.25) is 5.91 Å². The second-order valence-electron chi connectivity index (χ2n) is 5.59. The van der Waals surface area contributed by atoms with Crippen LogP contribution in [0.5, 0.6) is 0 Å². The van der Waals surface area contributed by atoms with Crippen LogP contribution in [0.3, 0.4) is 0 Å². The molecule has 0 bridgehead atoms. The number of amides is 1. The molecule has 3 aromatic rings. The molecule has 0 unspecified atom stereocenters. The molecule has 0 aliphatic heterocycles. The number of H-pyrrole nitrogens is 1. The smallest absolute Gasteiger partial charge is 0.230 e. The minimum atomic E-state index is 0.0127. The number of benzene rings is 1. The third-order valence-corrected chi connectivity index (χ3v) is 4.28. The molecule has 0 spiro atoms. The highest BCUT2D eigenvalue weighted by molar-refractivity contribution is 8.00. The summed E-state index contributed by atoms with van der Waals surface area (Å²) in [5, 5.41) is 4.77. The molecule has 0 radical (unpaired) electrons. The zero-order chi connectivity index (χ0) is 15.7. The van der Waals surface area contributed by atoms with E-state index in [1.807, 2.05) is 19.9 Å². The average molecular weight is 314 g/mol.